The van der Waals surface area contributed by atoms with Gasteiger partial charge in [0.05, 0.1) is 44.6 Å². The Morgan fingerprint density at radius 2 is 0.744 bits per heavy atom. The summed E-state index contributed by atoms with van der Waals surface area (Å²) in [6, 6.07) is 72.4. The number of hydrogen-bond donors (Lipinski definition) is 0. The Hall–Kier alpha value is -6.21. The van der Waals surface area contributed by atoms with Crippen LogP contribution in [0.1, 0.15) is 83.1 Å². The van der Waals surface area contributed by atoms with Gasteiger partial charge in [0, 0.05) is 38.0 Å². The van der Waals surface area contributed by atoms with Crippen LogP contribution in [-0.4, -0.2) is 59.3 Å². The molecule has 396 valence electrons. The summed E-state index contributed by atoms with van der Waals surface area (Å²) in [5.41, 5.74) is 10.6. The van der Waals surface area contributed by atoms with E-state index in [9.17, 15) is 0 Å². The fourth-order valence-electron chi connectivity index (χ4n) is 9.90. The molecule has 0 unspecified atom stereocenters. The molecule has 8 nitrogen and oxygen atoms in total. The molecule has 3 saturated heterocycles. The number of rotatable bonds is 8. The van der Waals surface area contributed by atoms with E-state index in [1.54, 1.807) is 0 Å². The molecular formula is C66H70B3BrN2O6. The summed E-state index contributed by atoms with van der Waals surface area (Å²) in [4.78, 5) is 2.26. The van der Waals surface area contributed by atoms with Gasteiger partial charge >= 0.3 is 21.1 Å². The van der Waals surface area contributed by atoms with Crippen molar-refractivity contribution in [3.63, 3.8) is 0 Å². The van der Waals surface area contributed by atoms with Crippen LogP contribution in [0.4, 0.5) is 17.1 Å². The van der Waals surface area contributed by atoms with Crippen molar-refractivity contribution in [1.82, 2.24) is 4.57 Å². The Morgan fingerprint density at radius 3 is 1.24 bits per heavy atom. The third-order valence-electron chi connectivity index (χ3n) is 16.5. The molecule has 3 aliphatic rings. The zero-order valence-corrected chi connectivity index (χ0v) is 48.7. The van der Waals surface area contributed by atoms with Gasteiger partial charge in [0.25, 0.3) is 0 Å². The standard InChI is InChI=1S/C30H28BNO2.C24H18BrN.C12H24B2O4/c1-29(2)30(3,4)34-31(33-29)23-16-19-26-25-12-8-9-13-27(25)32(28(26)20-23)24-17-14-22(15-18-24)21-10-6-5-7-11-21;25-21-10-7-13-24(18-21)26(22-11-5-2-6-12-22)23-16-14-20(15-17-23)19-8-3-1-4-9-19;1-9(2)10(3,4)16-13(15-9)14-17-11(5,6)12(7,8)18-14/h5-20H,1-4H3;1-18H;1-8H3. The lowest BCUT2D eigenvalue weighted by Crippen LogP contribution is -2.41. The topological polar surface area (TPSA) is 63.5 Å². The maximum atomic E-state index is 6.35. The van der Waals surface area contributed by atoms with Gasteiger partial charge in [-0.3, -0.25) is 0 Å². The lowest BCUT2D eigenvalue weighted by molar-refractivity contribution is 0.00578. The minimum atomic E-state index is -0.476. The first-order chi connectivity index (χ1) is 37.0. The molecule has 0 radical (unpaired) electrons. The highest BCUT2D eigenvalue weighted by Gasteiger charge is 2.63. The first kappa shape index (κ1) is 55.1. The summed E-state index contributed by atoms with van der Waals surface area (Å²) < 4.78 is 40.0. The number of hydrogen-bond acceptors (Lipinski definition) is 7. The van der Waals surface area contributed by atoms with Crippen LogP contribution in [0.5, 0.6) is 0 Å². The van der Waals surface area contributed by atoms with E-state index < -0.39 is 14.0 Å². The van der Waals surface area contributed by atoms with Crippen molar-refractivity contribution in [3.05, 3.63) is 211 Å². The number of anilines is 3. The fraction of sp³-hybridized carbons (Fsp3) is 0.273. The van der Waals surface area contributed by atoms with Crippen LogP contribution in [0, 0.1) is 0 Å². The van der Waals surface area contributed by atoms with Crippen LogP contribution in [0.25, 0.3) is 49.7 Å². The second-order valence-electron chi connectivity index (χ2n) is 23.4. The molecule has 3 aliphatic heterocycles. The van der Waals surface area contributed by atoms with E-state index in [2.05, 4.69) is 235 Å². The van der Waals surface area contributed by atoms with Crippen LogP contribution in [0.3, 0.4) is 0 Å². The van der Waals surface area contributed by atoms with Crippen molar-refractivity contribution < 1.29 is 27.9 Å². The summed E-state index contributed by atoms with van der Waals surface area (Å²) in [6.07, 6.45) is 0. The molecule has 0 saturated carbocycles. The van der Waals surface area contributed by atoms with E-state index in [1.165, 1.54) is 38.5 Å². The first-order valence-corrected chi connectivity index (χ1v) is 27.8. The zero-order chi connectivity index (χ0) is 55.3. The first-order valence-electron chi connectivity index (χ1n) is 27.1. The maximum Gasteiger partial charge on any atom is 0.494 e. The van der Waals surface area contributed by atoms with E-state index in [4.69, 9.17) is 27.9 Å². The van der Waals surface area contributed by atoms with E-state index in [1.807, 2.05) is 79.7 Å². The summed E-state index contributed by atoms with van der Waals surface area (Å²) in [5.74, 6) is 0. The summed E-state index contributed by atoms with van der Waals surface area (Å²) >= 11 is 3.59. The molecule has 0 spiro atoms. The normalized spacial score (nSPS) is 18.3. The Balaban J connectivity index is 0.000000139. The second kappa shape index (κ2) is 21.5. The lowest BCUT2D eigenvalue weighted by Gasteiger charge is -2.32. The maximum absolute atomic E-state index is 6.35. The average Bonchev–Trinajstić information content (AvgIpc) is 4.09. The highest BCUT2D eigenvalue weighted by molar-refractivity contribution is 9.10. The SMILES string of the molecule is Brc1cccc(N(c2ccccc2)c2ccc(-c3ccccc3)cc2)c1.CC1(C)OB(B2OC(C)(C)C(C)(C)O2)OC1(C)C.CC1(C)OB(c2ccc3c4ccccc4n(-c4ccc(-c5ccccc5)cc4)c3c2)OC1(C)C. The molecule has 78 heavy (non-hydrogen) atoms. The number of aromatic nitrogens is 1. The van der Waals surface area contributed by atoms with Crippen molar-refractivity contribution in [1.29, 1.82) is 0 Å². The third kappa shape index (κ3) is 11.1. The minimum Gasteiger partial charge on any atom is -0.405 e. The van der Waals surface area contributed by atoms with Crippen molar-refractivity contribution in [2.24, 2.45) is 0 Å². The van der Waals surface area contributed by atoms with Gasteiger partial charge in [-0.25, -0.2) is 0 Å². The van der Waals surface area contributed by atoms with Crippen molar-refractivity contribution in [2.75, 3.05) is 4.90 Å². The van der Waals surface area contributed by atoms with Crippen LogP contribution < -0.4 is 10.4 Å². The van der Waals surface area contributed by atoms with E-state index in [0.29, 0.717) is 0 Å². The molecule has 12 heteroatoms. The molecule has 0 bridgehead atoms. The Kier molecular flexibility index (Phi) is 15.2. The number of nitrogens with zero attached hydrogens (tertiary/aromatic N) is 2. The quantitative estimate of drug-likeness (QED) is 0.141. The summed E-state index contributed by atoms with van der Waals surface area (Å²) in [5, 5.41) is 2.47. The van der Waals surface area contributed by atoms with E-state index >= 15 is 0 Å². The lowest BCUT2D eigenvalue weighted by atomic mass is 9.49. The molecule has 4 heterocycles. The Morgan fingerprint density at radius 1 is 0.346 bits per heavy atom. The third-order valence-corrected chi connectivity index (χ3v) is 17.0. The molecule has 0 aliphatic carbocycles. The smallest absolute Gasteiger partial charge is 0.405 e. The highest BCUT2D eigenvalue weighted by Crippen LogP contribution is 2.44. The van der Waals surface area contributed by atoms with Crippen molar-refractivity contribution in [3.8, 4) is 27.9 Å². The molecule has 12 rings (SSSR count). The van der Waals surface area contributed by atoms with Gasteiger partial charge in [0.1, 0.15) is 0 Å². The summed E-state index contributed by atoms with van der Waals surface area (Å²) in [6.45, 7) is 24.6. The highest BCUT2D eigenvalue weighted by atomic mass is 79.9. The number of halogens is 1. The molecular weight excluding hydrogens is 1030 g/mol. The molecule has 9 aromatic rings. The fourth-order valence-corrected chi connectivity index (χ4v) is 10.3. The number of para-hydroxylation sites is 2. The zero-order valence-electron chi connectivity index (χ0n) is 47.1. The van der Waals surface area contributed by atoms with E-state index in [-0.39, 0.29) is 40.7 Å². The Labute approximate surface area is 471 Å². The molecule has 0 amide bonds. The Bertz CT molecular complexity index is 3430. The summed E-state index contributed by atoms with van der Waals surface area (Å²) in [7, 11) is -1.34. The van der Waals surface area contributed by atoms with Crippen LogP contribution in [-0.2, 0) is 27.9 Å². The van der Waals surface area contributed by atoms with Crippen LogP contribution in [0.2, 0.25) is 0 Å². The van der Waals surface area contributed by atoms with Gasteiger partial charge in [0.2, 0.25) is 0 Å². The van der Waals surface area contributed by atoms with Crippen molar-refractivity contribution >= 4 is 81.4 Å². The van der Waals surface area contributed by atoms with Crippen molar-refractivity contribution in [2.45, 2.75) is 117 Å². The van der Waals surface area contributed by atoms with Crippen LogP contribution in [0.15, 0.2) is 211 Å². The predicted octanol–water partition coefficient (Wildman–Crippen LogP) is 16.6. The average molecular weight is 1100 g/mol. The monoisotopic (exact) mass is 1100 g/mol. The van der Waals surface area contributed by atoms with Gasteiger partial charge in [-0.2, -0.15) is 0 Å². The minimum absolute atomic E-state index is 0.360. The number of fused-ring (bicyclic) bond motifs is 3. The second-order valence-corrected chi connectivity index (χ2v) is 24.4. The van der Waals surface area contributed by atoms with Gasteiger partial charge in [0.15, 0.2) is 0 Å². The number of benzene rings is 8. The van der Waals surface area contributed by atoms with Gasteiger partial charge in [-0.05, 0) is 178 Å². The van der Waals surface area contributed by atoms with Gasteiger partial charge in [-0.15, -0.1) is 0 Å². The largest absolute Gasteiger partial charge is 0.494 e. The molecule has 0 N–H and O–H groups in total. The molecule has 8 aromatic carbocycles. The molecule has 1 aromatic heterocycles. The molecule has 0 atom stereocenters. The predicted molar refractivity (Wildman–Crippen MR) is 328 cm³/mol. The van der Waals surface area contributed by atoms with Gasteiger partial charge in [-0.1, -0.05) is 155 Å². The molecule has 3 fully saturated rings. The van der Waals surface area contributed by atoms with Crippen LogP contribution >= 0.6 is 15.9 Å². The van der Waals surface area contributed by atoms with Gasteiger partial charge < -0.3 is 37.4 Å². The van der Waals surface area contributed by atoms with E-state index in [0.717, 1.165) is 38.2 Å².